The maximum absolute atomic E-state index is 12.6. The number of ether oxygens (including phenoxy) is 1. The van der Waals surface area contributed by atoms with Crippen LogP contribution in [0.2, 0.25) is 5.02 Å². The lowest BCUT2D eigenvalue weighted by Gasteiger charge is -2.33. The summed E-state index contributed by atoms with van der Waals surface area (Å²) >= 11 is 6.04. The number of morpholine rings is 1. The first kappa shape index (κ1) is 19.3. The van der Waals surface area contributed by atoms with Crippen LogP contribution in [0.1, 0.15) is 11.1 Å². The van der Waals surface area contributed by atoms with E-state index in [-0.39, 0.29) is 17.5 Å². The third kappa shape index (κ3) is 4.84. The molecule has 1 unspecified atom stereocenters. The number of sulfonamides is 1. The maximum Gasteiger partial charge on any atom is 0.240 e. The topological polar surface area (TPSA) is 58.6 Å². The van der Waals surface area contributed by atoms with Crippen molar-refractivity contribution in [3.63, 3.8) is 0 Å². The monoisotopic (exact) mass is 394 g/mol. The Labute approximate surface area is 160 Å². The van der Waals surface area contributed by atoms with E-state index >= 15 is 0 Å². The van der Waals surface area contributed by atoms with Crippen LogP contribution in [0.15, 0.2) is 53.4 Å². The van der Waals surface area contributed by atoms with Gasteiger partial charge in [-0.15, -0.1) is 0 Å². The lowest BCUT2D eigenvalue weighted by Crippen LogP contribution is -2.47. The Morgan fingerprint density at radius 2 is 1.96 bits per heavy atom. The fourth-order valence-electron chi connectivity index (χ4n) is 3.05. The van der Waals surface area contributed by atoms with Crippen LogP contribution < -0.4 is 4.72 Å². The van der Waals surface area contributed by atoms with Gasteiger partial charge in [-0.3, -0.25) is 4.90 Å². The van der Waals surface area contributed by atoms with Crippen molar-refractivity contribution in [3.05, 3.63) is 64.7 Å². The highest BCUT2D eigenvalue weighted by atomic mass is 35.5. The highest BCUT2D eigenvalue weighted by molar-refractivity contribution is 7.89. The van der Waals surface area contributed by atoms with E-state index in [1.165, 1.54) is 5.56 Å². The van der Waals surface area contributed by atoms with Crippen molar-refractivity contribution in [1.29, 1.82) is 0 Å². The van der Waals surface area contributed by atoms with Crippen molar-refractivity contribution in [2.24, 2.45) is 0 Å². The van der Waals surface area contributed by atoms with Gasteiger partial charge in [0.15, 0.2) is 0 Å². The average molecular weight is 395 g/mol. The minimum absolute atomic E-state index is 0.179. The predicted molar refractivity (Wildman–Crippen MR) is 103 cm³/mol. The zero-order valence-corrected chi connectivity index (χ0v) is 16.3. The van der Waals surface area contributed by atoms with Crippen molar-refractivity contribution in [3.8, 4) is 0 Å². The molecular formula is C19H23ClN2O3S. The number of halogens is 1. The van der Waals surface area contributed by atoms with E-state index in [9.17, 15) is 8.42 Å². The van der Waals surface area contributed by atoms with Gasteiger partial charge < -0.3 is 4.74 Å². The van der Waals surface area contributed by atoms with Gasteiger partial charge in [0.25, 0.3) is 0 Å². The van der Waals surface area contributed by atoms with Crippen LogP contribution in [-0.4, -0.2) is 45.7 Å². The molecule has 0 spiro atoms. The van der Waals surface area contributed by atoms with Crippen LogP contribution in [0.3, 0.4) is 0 Å². The molecule has 1 saturated heterocycles. The Kier molecular flexibility index (Phi) is 6.32. The molecule has 2 aromatic rings. The highest BCUT2D eigenvalue weighted by Crippen LogP contribution is 2.22. The molecule has 2 aromatic carbocycles. The van der Waals surface area contributed by atoms with Gasteiger partial charge in [-0.05, 0) is 30.2 Å². The quantitative estimate of drug-likeness (QED) is 0.818. The minimum atomic E-state index is -3.62. The SMILES string of the molecule is Cc1c(Cl)cccc1S(=O)(=O)NCC1CN(Cc2ccccc2)CCO1. The second kappa shape index (κ2) is 8.50. The largest absolute Gasteiger partial charge is 0.374 e. The summed E-state index contributed by atoms with van der Waals surface area (Å²) in [5.74, 6) is 0. The smallest absolute Gasteiger partial charge is 0.240 e. The van der Waals surface area contributed by atoms with E-state index in [2.05, 4.69) is 21.8 Å². The molecule has 26 heavy (non-hydrogen) atoms. The van der Waals surface area contributed by atoms with E-state index in [0.29, 0.717) is 23.7 Å². The zero-order valence-electron chi connectivity index (χ0n) is 14.7. The zero-order chi connectivity index (χ0) is 18.6. The van der Waals surface area contributed by atoms with Crippen LogP contribution in [0.5, 0.6) is 0 Å². The molecule has 0 bridgehead atoms. The summed E-state index contributed by atoms with van der Waals surface area (Å²) in [5.41, 5.74) is 1.79. The summed E-state index contributed by atoms with van der Waals surface area (Å²) in [7, 11) is -3.62. The molecule has 1 aliphatic rings. The van der Waals surface area contributed by atoms with Gasteiger partial charge in [0.1, 0.15) is 0 Å². The molecule has 0 radical (unpaired) electrons. The van der Waals surface area contributed by atoms with E-state index in [1.807, 2.05) is 18.2 Å². The fraction of sp³-hybridized carbons (Fsp3) is 0.368. The van der Waals surface area contributed by atoms with Crippen molar-refractivity contribution in [1.82, 2.24) is 9.62 Å². The fourth-order valence-corrected chi connectivity index (χ4v) is 4.61. The van der Waals surface area contributed by atoms with E-state index in [4.69, 9.17) is 16.3 Å². The second-order valence-electron chi connectivity index (χ2n) is 6.43. The lowest BCUT2D eigenvalue weighted by atomic mass is 10.2. The Morgan fingerprint density at radius 3 is 2.73 bits per heavy atom. The molecule has 7 heteroatoms. The third-order valence-electron chi connectivity index (χ3n) is 4.48. The van der Waals surface area contributed by atoms with E-state index in [0.717, 1.165) is 13.1 Å². The summed E-state index contributed by atoms with van der Waals surface area (Å²) < 4.78 is 33.6. The van der Waals surface area contributed by atoms with Crippen LogP contribution in [0, 0.1) is 6.92 Å². The molecule has 0 saturated carbocycles. The van der Waals surface area contributed by atoms with Gasteiger partial charge in [-0.25, -0.2) is 13.1 Å². The molecule has 0 amide bonds. The van der Waals surface area contributed by atoms with Gasteiger partial charge >= 0.3 is 0 Å². The molecule has 0 aromatic heterocycles. The maximum atomic E-state index is 12.6. The molecular weight excluding hydrogens is 372 g/mol. The average Bonchev–Trinajstić information content (AvgIpc) is 2.63. The van der Waals surface area contributed by atoms with Gasteiger partial charge in [-0.1, -0.05) is 48.0 Å². The molecule has 140 valence electrons. The van der Waals surface area contributed by atoms with Gasteiger partial charge in [0.05, 0.1) is 17.6 Å². The first-order valence-corrected chi connectivity index (χ1v) is 10.4. The molecule has 1 aliphatic heterocycles. The van der Waals surface area contributed by atoms with Crippen molar-refractivity contribution < 1.29 is 13.2 Å². The molecule has 5 nitrogen and oxygen atoms in total. The lowest BCUT2D eigenvalue weighted by molar-refractivity contribution is -0.0276. The Morgan fingerprint density at radius 1 is 1.19 bits per heavy atom. The molecule has 1 atom stereocenters. The minimum Gasteiger partial charge on any atom is -0.374 e. The number of nitrogens with zero attached hydrogens (tertiary/aromatic N) is 1. The highest BCUT2D eigenvalue weighted by Gasteiger charge is 2.24. The van der Waals surface area contributed by atoms with Crippen LogP contribution in [-0.2, 0) is 21.3 Å². The number of hydrogen-bond acceptors (Lipinski definition) is 4. The molecule has 0 aliphatic carbocycles. The molecule has 1 heterocycles. The van der Waals surface area contributed by atoms with Crippen molar-refractivity contribution in [2.45, 2.75) is 24.5 Å². The van der Waals surface area contributed by atoms with Crippen LogP contribution in [0.4, 0.5) is 0 Å². The summed E-state index contributed by atoms with van der Waals surface area (Å²) in [6.45, 7) is 4.89. The van der Waals surface area contributed by atoms with Gasteiger partial charge in [-0.2, -0.15) is 0 Å². The van der Waals surface area contributed by atoms with E-state index in [1.54, 1.807) is 25.1 Å². The normalized spacial score (nSPS) is 18.8. The Bertz CT molecular complexity index is 843. The van der Waals surface area contributed by atoms with Crippen LogP contribution >= 0.6 is 11.6 Å². The molecule has 1 fully saturated rings. The van der Waals surface area contributed by atoms with Crippen molar-refractivity contribution in [2.75, 3.05) is 26.2 Å². The third-order valence-corrected chi connectivity index (χ3v) is 6.46. The summed E-state index contributed by atoms with van der Waals surface area (Å²) in [4.78, 5) is 2.49. The first-order valence-electron chi connectivity index (χ1n) is 8.58. The summed E-state index contributed by atoms with van der Waals surface area (Å²) in [6.07, 6.45) is -0.179. The summed E-state index contributed by atoms with van der Waals surface area (Å²) in [6, 6.07) is 15.1. The molecule has 3 rings (SSSR count). The number of benzene rings is 2. The van der Waals surface area contributed by atoms with Crippen molar-refractivity contribution >= 4 is 21.6 Å². The summed E-state index contributed by atoms with van der Waals surface area (Å²) in [5, 5.41) is 0.441. The standard InChI is InChI=1S/C19H23ClN2O3S/c1-15-18(20)8-5-9-19(15)26(23,24)21-12-17-14-22(10-11-25-17)13-16-6-3-2-4-7-16/h2-9,17,21H,10-14H2,1H3. The number of hydrogen-bond donors (Lipinski definition) is 1. The Balaban J connectivity index is 1.59. The predicted octanol–water partition coefficient (Wildman–Crippen LogP) is 2.83. The van der Waals surface area contributed by atoms with Gasteiger partial charge in [0, 0.05) is 31.2 Å². The molecule has 1 N–H and O–H groups in total. The van der Waals surface area contributed by atoms with E-state index < -0.39 is 10.0 Å². The number of rotatable bonds is 6. The van der Waals surface area contributed by atoms with Crippen LogP contribution in [0.25, 0.3) is 0 Å². The Hall–Kier alpha value is -1.44. The first-order chi connectivity index (χ1) is 12.5. The van der Waals surface area contributed by atoms with Gasteiger partial charge in [0.2, 0.25) is 10.0 Å². The second-order valence-corrected chi connectivity index (χ2v) is 8.57. The number of nitrogens with one attached hydrogen (secondary N) is 1.